The van der Waals surface area contributed by atoms with Crippen molar-refractivity contribution in [1.82, 2.24) is 0 Å². The highest BCUT2D eigenvalue weighted by Gasteiger charge is 2.02. The van der Waals surface area contributed by atoms with Gasteiger partial charge in [0.15, 0.2) is 5.78 Å². The standard InChI is InChI=1S/C7H12O2/c1-3-6(5-8)7(9)4-2/h5,8H,3-4H2,1-2H3/b6-5+. The van der Waals surface area contributed by atoms with Crippen LogP contribution in [0, 0.1) is 0 Å². The summed E-state index contributed by atoms with van der Waals surface area (Å²) in [6.45, 7) is 3.62. The largest absolute Gasteiger partial charge is 0.515 e. The summed E-state index contributed by atoms with van der Waals surface area (Å²) in [5, 5.41) is 8.44. The summed E-state index contributed by atoms with van der Waals surface area (Å²) in [6, 6.07) is 0. The summed E-state index contributed by atoms with van der Waals surface area (Å²) in [6.07, 6.45) is 1.98. The SMILES string of the molecule is CCC(=O)/C(=C/O)CC. The van der Waals surface area contributed by atoms with Crippen LogP contribution < -0.4 is 0 Å². The van der Waals surface area contributed by atoms with Crippen LogP contribution in [0.5, 0.6) is 0 Å². The molecule has 0 atom stereocenters. The first-order chi connectivity index (χ1) is 4.26. The summed E-state index contributed by atoms with van der Waals surface area (Å²) in [5.74, 6) is 0.0278. The highest BCUT2D eigenvalue weighted by Crippen LogP contribution is 2.02. The molecule has 0 rings (SSSR count). The van der Waals surface area contributed by atoms with E-state index in [1.54, 1.807) is 6.92 Å². The molecule has 0 aromatic carbocycles. The number of rotatable bonds is 3. The second-order valence-corrected chi connectivity index (χ2v) is 1.78. The van der Waals surface area contributed by atoms with Crippen LogP contribution in [0.3, 0.4) is 0 Å². The molecule has 0 saturated carbocycles. The number of Topliss-reactive ketones (excluding diaryl/α,β-unsaturated/α-hetero) is 1. The van der Waals surface area contributed by atoms with Gasteiger partial charge in [0, 0.05) is 12.0 Å². The number of allylic oxidation sites excluding steroid dienone is 1. The monoisotopic (exact) mass is 128 g/mol. The normalized spacial score (nSPS) is 11.6. The van der Waals surface area contributed by atoms with Crippen molar-refractivity contribution in [2.75, 3.05) is 0 Å². The average molecular weight is 128 g/mol. The zero-order valence-corrected chi connectivity index (χ0v) is 5.85. The molecule has 2 heteroatoms. The molecule has 0 aliphatic heterocycles. The molecular weight excluding hydrogens is 116 g/mol. The molecule has 0 aromatic heterocycles. The van der Waals surface area contributed by atoms with Crippen LogP contribution in [-0.2, 0) is 4.79 Å². The Hall–Kier alpha value is -0.790. The van der Waals surface area contributed by atoms with Gasteiger partial charge in [-0.25, -0.2) is 0 Å². The minimum atomic E-state index is 0.0278. The van der Waals surface area contributed by atoms with E-state index in [2.05, 4.69) is 0 Å². The van der Waals surface area contributed by atoms with Gasteiger partial charge in [0.2, 0.25) is 0 Å². The third-order valence-corrected chi connectivity index (χ3v) is 1.22. The van der Waals surface area contributed by atoms with Crippen LogP contribution in [0.25, 0.3) is 0 Å². The molecule has 0 fully saturated rings. The first-order valence-electron chi connectivity index (χ1n) is 3.12. The third kappa shape index (κ3) is 2.31. The Morgan fingerprint density at radius 1 is 1.44 bits per heavy atom. The smallest absolute Gasteiger partial charge is 0.161 e. The highest BCUT2D eigenvalue weighted by atomic mass is 16.2. The van der Waals surface area contributed by atoms with E-state index in [4.69, 9.17) is 5.11 Å². The van der Waals surface area contributed by atoms with Crippen molar-refractivity contribution in [3.05, 3.63) is 11.8 Å². The van der Waals surface area contributed by atoms with E-state index >= 15 is 0 Å². The molecule has 0 spiro atoms. The van der Waals surface area contributed by atoms with Gasteiger partial charge in [-0.05, 0) is 6.42 Å². The van der Waals surface area contributed by atoms with Crippen molar-refractivity contribution in [3.63, 3.8) is 0 Å². The van der Waals surface area contributed by atoms with Gasteiger partial charge >= 0.3 is 0 Å². The molecule has 0 amide bonds. The van der Waals surface area contributed by atoms with Crippen LogP contribution in [0.2, 0.25) is 0 Å². The number of carbonyl (C=O) groups is 1. The Labute approximate surface area is 55.2 Å². The summed E-state index contributed by atoms with van der Waals surface area (Å²) in [5.41, 5.74) is 0.512. The Bertz CT molecular complexity index is 125. The molecule has 0 saturated heterocycles. The van der Waals surface area contributed by atoms with Gasteiger partial charge in [0.25, 0.3) is 0 Å². The van der Waals surface area contributed by atoms with Crippen LogP contribution in [0.15, 0.2) is 11.8 Å². The van der Waals surface area contributed by atoms with E-state index in [0.717, 1.165) is 6.26 Å². The Morgan fingerprint density at radius 3 is 2.11 bits per heavy atom. The van der Waals surface area contributed by atoms with Crippen LogP contribution in [0.4, 0.5) is 0 Å². The van der Waals surface area contributed by atoms with E-state index in [-0.39, 0.29) is 5.78 Å². The maximum absolute atomic E-state index is 10.7. The topological polar surface area (TPSA) is 37.3 Å². The van der Waals surface area contributed by atoms with E-state index < -0.39 is 0 Å². The Balaban J connectivity index is 3.97. The van der Waals surface area contributed by atoms with Gasteiger partial charge in [0.1, 0.15) is 0 Å². The molecule has 0 radical (unpaired) electrons. The molecule has 0 aromatic rings. The van der Waals surface area contributed by atoms with Gasteiger partial charge in [-0.2, -0.15) is 0 Å². The number of carbonyl (C=O) groups excluding carboxylic acids is 1. The lowest BCUT2D eigenvalue weighted by molar-refractivity contribution is -0.115. The minimum Gasteiger partial charge on any atom is -0.515 e. The molecule has 52 valence electrons. The number of aliphatic hydroxyl groups is 1. The summed E-state index contributed by atoms with van der Waals surface area (Å²) >= 11 is 0. The van der Waals surface area contributed by atoms with Crippen molar-refractivity contribution < 1.29 is 9.90 Å². The maximum Gasteiger partial charge on any atom is 0.161 e. The van der Waals surface area contributed by atoms with Crippen molar-refractivity contribution in [2.24, 2.45) is 0 Å². The zero-order valence-electron chi connectivity index (χ0n) is 5.85. The number of aliphatic hydroxyl groups excluding tert-OH is 1. The predicted molar refractivity (Wildman–Crippen MR) is 36.3 cm³/mol. The molecule has 9 heavy (non-hydrogen) atoms. The number of hydrogen-bond donors (Lipinski definition) is 1. The van der Waals surface area contributed by atoms with Gasteiger partial charge in [-0.1, -0.05) is 13.8 Å². The molecule has 1 N–H and O–H groups in total. The lowest BCUT2D eigenvalue weighted by atomic mass is 10.1. The highest BCUT2D eigenvalue weighted by molar-refractivity contribution is 5.94. The van der Waals surface area contributed by atoms with Crippen molar-refractivity contribution >= 4 is 5.78 Å². The van der Waals surface area contributed by atoms with Crippen LogP contribution in [-0.4, -0.2) is 10.9 Å². The van der Waals surface area contributed by atoms with Gasteiger partial charge < -0.3 is 5.11 Å². The fourth-order valence-electron chi connectivity index (χ4n) is 0.588. The lowest BCUT2D eigenvalue weighted by Crippen LogP contribution is -1.98. The first kappa shape index (κ1) is 8.21. The Kier molecular flexibility index (Phi) is 3.76. The maximum atomic E-state index is 10.7. The van der Waals surface area contributed by atoms with Crippen LogP contribution in [0.1, 0.15) is 26.7 Å². The van der Waals surface area contributed by atoms with Crippen molar-refractivity contribution in [3.8, 4) is 0 Å². The second kappa shape index (κ2) is 4.13. The summed E-state index contributed by atoms with van der Waals surface area (Å²) in [7, 11) is 0. The molecule has 0 aliphatic rings. The van der Waals surface area contributed by atoms with E-state index in [1.165, 1.54) is 0 Å². The molecule has 0 bridgehead atoms. The van der Waals surface area contributed by atoms with E-state index in [0.29, 0.717) is 18.4 Å². The number of hydrogen-bond acceptors (Lipinski definition) is 2. The van der Waals surface area contributed by atoms with E-state index in [1.807, 2.05) is 6.92 Å². The molecular formula is C7H12O2. The Morgan fingerprint density at radius 2 is 2.00 bits per heavy atom. The number of ketones is 1. The molecule has 2 nitrogen and oxygen atoms in total. The third-order valence-electron chi connectivity index (χ3n) is 1.22. The fourth-order valence-corrected chi connectivity index (χ4v) is 0.588. The lowest BCUT2D eigenvalue weighted by Gasteiger charge is -1.95. The minimum absolute atomic E-state index is 0.0278. The summed E-state index contributed by atoms with van der Waals surface area (Å²) in [4.78, 5) is 10.7. The fraction of sp³-hybridized carbons (Fsp3) is 0.571. The van der Waals surface area contributed by atoms with Crippen LogP contribution >= 0.6 is 0 Å². The zero-order chi connectivity index (χ0) is 7.28. The van der Waals surface area contributed by atoms with Gasteiger partial charge in [-0.15, -0.1) is 0 Å². The quantitative estimate of drug-likeness (QED) is 0.465. The van der Waals surface area contributed by atoms with E-state index in [9.17, 15) is 4.79 Å². The van der Waals surface area contributed by atoms with Gasteiger partial charge in [-0.3, -0.25) is 4.79 Å². The van der Waals surface area contributed by atoms with Crippen molar-refractivity contribution in [1.29, 1.82) is 0 Å². The molecule has 0 heterocycles. The second-order valence-electron chi connectivity index (χ2n) is 1.78. The molecule has 0 aliphatic carbocycles. The molecule has 0 unspecified atom stereocenters. The average Bonchev–Trinajstić information content (AvgIpc) is 1.90. The van der Waals surface area contributed by atoms with Crippen molar-refractivity contribution in [2.45, 2.75) is 26.7 Å². The summed E-state index contributed by atoms with van der Waals surface area (Å²) < 4.78 is 0. The van der Waals surface area contributed by atoms with Gasteiger partial charge in [0.05, 0.1) is 6.26 Å². The first-order valence-corrected chi connectivity index (χ1v) is 3.12. The predicted octanol–water partition coefficient (Wildman–Crippen LogP) is 1.82.